The molecular weight excluding hydrogens is 455 g/mol. The first-order valence-electron chi connectivity index (χ1n) is 7.94. The van der Waals surface area contributed by atoms with Gasteiger partial charge in [-0.2, -0.15) is 0 Å². The zero-order valence-electron chi connectivity index (χ0n) is 14.4. The lowest BCUT2D eigenvalue weighted by Gasteiger charge is -2.09. The summed E-state index contributed by atoms with van der Waals surface area (Å²) in [4.78, 5) is 24.2. The molecule has 12 heteroatoms. The summed E-state index contributed by atoms with van der Waals surface area (Å²) in [6.07, 6.45) is 0. The van der Waals surface area contributed by atoms with Crippen molar-refractivity contribution in [1.82, 2.24) is 20.9 Å². The van der Waals surface area contributed by atoms with Crippen LogP contribution in [-0.4, -0.2) is 27.1 Å². The number of aromatic nitrogens is 2. The average molecular weight is 467 g/mol. The van der Waals surface area contributed by atoms with Crippen molar-refractivity contribution in [1.29, 1.82) is 0 Å². The predicted molar refractivity (Wildman–Crippen MR) is 118 cm³/mol. The molecule has 3 aromatic rings. The first-order valence-corrected chi connectivity index (χ1v) is 9.92. The van der Waals surface area contributed by atoms with Crippen LogP contribution in [0.4, 0.5) is 10.3 Å². The number of hydrazine groups is 1. The summed E-state index contributed by atoms with van der Waals surface area (Å²) in [6, 6.07) is 12.8. The Hall–Kier alpha value is -2.79. The molecule has 0 aliphatic heterocycles. The minimum Gasteiger partial charge on any atom is -0.298 e. The smallest absolute Gasteiger partial charge is 0.257 e. The third kappa shape index (κ3) is 6.09. The lowest BCUT2D eigenvalue weighted by Crippen LogP contribution is -2.41. The highest BCUT2D eigenvalue weighted by Crippen LogP contribution is 2.20. The van der Waals surface area contributed by atoms with E-state index in [9.17, 15) is 9.59 Å². The predicted octanol–water partition coefficient (Wildman–Crippen LogP) is 3.73. The fourth-order valence-corrected chi connectivity index (χ4v) is 3.00. The number of thiocarbonyl (C=S) groups is 1. The minimum atomic E-state index is -0.394. The molecule has 4 N–H and O–H groups in total. The minimum absolute atomic E-state index is 0.0342. The number of carbonyl (C=O) groups is 2. The van der Waals surface area contributed by atoms with E-state index in [4.69, 9.17) is 35.4 Å². The van der Waals surface area contributed by atoms with E-state index in [0.717, 1.165) is 11.3 Å². The Kier molecular flexibility index (Phi) is 6.94. The summed E-state index contributed by atoms with van der Waals surface area (Å²) in [7, 11) is 0. The van der Waals surface area contributed by atoms with Gasteiger partial charge in [0.05, 0.1) is 0 Å². The number of amides is 2. The number of rotatable bonds is 5. The molecule has 2 aromatic carbocycles. The van der Waals surface area contributed by atoms with Gasteiger partial charge in [-0.15, -0.1) is 10.2 Å². The highest BCUT2D eigenvalue weighted by molar-refractivity contribution is 7.80. The van der Waals surface area contributed by atoms with Crippen molar-refractivity contribution < 1.29 is 9.59 Å². The van der Waals surface area contributed by atoms with E-state index in [1.54, 1.807) is 48.5 Å². The fraction of sp³-hybridized carbons (Fsp3) is 0. The molecule has 0 aliphatic rings. The monoisotopic (exact) mass is 466 g/mol. The van der Waals surface area contributed by atoms with Crippen LogP contribution >= 0.6 is 46.8 Å². The van der Waals surface area contributed by atoms with Crippen LogP contribution < -0.4 is 21.5 Å². The summed E-state index contributed by atoms with van der Waals surface area (Å²) >= 11 is 17.7. The normalized spacial score (nSPS) is 10.1. The average Bonchev–Trinajstić information content (AvgIpc) is 3.14. The fourth-order valence-electron chi connectivity index (χ4n) is 2.01. The number of carbonyl (C=O) groups excluding carboxylic acids is 2. The zero-order valence-corrected chi connectivity index (χ0v) is 17.5. The first-order chi connectivity index (χ1) is 13.9. The molecule has 1 aromatic heterocycles. The Morgan fingerprint density at radius 1 is 0.828 bits per heavy atom. The largest absolute Gasteiger partial charge is 0.298 e. The van der Waals surface area contributed by atoms with Gasteiger partial charge in [0.15, 0.2) is 5.11 Å². The summed E-state index contributed by atoms with van der Waals surface area (Å²) in [5.41, 5.74) is 6.16. The van der Waals surface area contributed by atoms with Crippen molar-refractivity contribution >= 4 is 73.9 Å². The van der Waals surface area contributed by atoms with Crippen LogP contribution in [0.2, 0.25) is 10.0 Å². The molecule has 0 bridgehead atoms. The molecule has 0 atom stereocenters. The molecular formula is C17H12Cl2N6O2S2. The summed E-state index contributed by atoms with van der Waals surface area (Å²) in [5.74, 6) is -0.739. The number of nitrogens with one attached hydrogen (secondary N) is 4. The second-order valence-electron chi connectivity index (χ2n) is 5.41. The van der Waals surface area contributed by atoms with Crippen molar-refractivity contribution in [2.75, 3.05) is 10.7 Å². The van der Waals surface area contributed by atoms with Crippen LogP contribution in [0.1, 0.15) is 20.7 Å². The van der Waals surface area contributed by atoms with E-state index >= 15 is 0 Å². The quantitative estimate of drug-likeness (QED) is 0.335. The van der Waals surface area contributed by atoms with E-state index in [1.165, 1.54) is 0 Å². The summed E-state index contributed by atoms with van der Waals surface area (Å²) < 4.78 is 0. The number of hydrogen-bond donors (Lipinski definition) is 4. The van der Waals surface area contributed by atoms with Crippen LogP contribution in [0.3, 0.4) is 0 Å². The Morgan fingerprint density at radius 3 is 1.93 bits per heavy atom. The van der Waals surface area contributed by atoms with Gasteiger partial charge in [0.2, 0.25) is 10.3 Å². The molecule has 2 amide bonds. The van der Waals surface area contributed by atoms with Crippen molar-refractivity contribution in [2.45, 2.75) is 0 Å². The van der Waals surface area contributed by atoms with E-state index in [2.05, 4.69) is 31.7 Å². The molecule has 0 spiro atoms. The lowest BCUT2D eigenvalue weighted by molar-refractivity contribution is 0.0975. The maximum Gasteiger partial charge on any atom is 0.257 e. The van der Waals surface area contributed by atoms with Gasteiger partial charge in [-0.3, -0.25) is 31.1 Å². The maximum absolute atomic E-state index is 12.1. The molecule has 3 rings (SSSR count). The number of halogens is 2. The Morgan fingerprint density at radius 2 is 1.34 bits per heavy atom. The Bertz CT molecular complexity index is 1040. The number of benzene rings is 2. The number of anilines is 2. The van der Waals surface area contributed by atoms with Crippen LogP contribution in [0.25, 0.3) is 0 Å². The van der Waals surface area contributed by atoms with Gasteiger partial charge in [0.25, 0.3) is 11.8 Å². The molecule has 0 radical (unpaired) electrons. The summed E-state index contributed by atoms with van der Waals surface area (Å²) in [6.45, 7) is 0. The van der Waals surface area contributed by atoms with Crippen LogP contribution in [0.15, 0.2) is 48.5 Å². The standard InChI is InChI=1S/C17H12Cl2N6O2S2/c18-11-5-1-9(2-6-11)13(26)20-15(28)22-24-17-25-23-16(29-17)21-14(27)10-3-7-12(19)8-4-10/h1-8H,(H,24,25)(H,21,23,27)(H2,20,22,26,28). The lowest BCUT2D eigenvalue weighted by atomic mass is 10.2. The van der Waals surface area contributed by atoms with Gasteiger partial charge in [0, 0.05) is 21.2 Å². The van der Waals surface area contributed by atoms with E-state index in [1.807, 2.05) is 0 Å². The SMILES string of the molecule is O=C(NC(=S)NNc1nnc(NC(=O)c2ccc(Cl)cc2)s1)c1ccc(Cl)cc1. The van der Waals surface area contributed by atoms with Crippen LogP contribution in [0.5, 0.6) is 0 Å². The van der Waals surface area contributed by atoms with E-state index in [0.29, 0.717) is 26.3 Å². The van der Waals surface area contributed by atoms with Crippen LogP contribution in [0, 0.1) is 0 Å². The van der Waals surface area contributed by atoms with Gasteiger partial charge in [-0.25, -0.2) is 0 Å². The summed E-state index contributed by atoms with van der Waals surface area (Å²) in [5, 5.41) is 14.6. The van der Waals surface area contributed by atoms with Gasteiger partial charge in [0.1, 0.15) is 0 Å². The second kappa shape index (κ2) is 9.61. The molecule has 8 nitrogen and oxygen atoms in total. The third-order valence-corrected chi connectivity index (χ3v) is 4.83. The molecule has 148 valence electrons. The Labute approximate surface area is 184 Å². The molecule has 29 heavy (non-hydrogen) atoms. The molecule has 0 saturated carbocycles. The molecule has 1 heterocycles. The van der Waals surface area contributed by atoms with Gasteiger partial charge in [-0.05, 0) is 60.7 Å². The van der Waals surface area contributed by atoms with E-state index < -0.39 is 5.91 Å². The zero-order chi connectivity index (χ0) is 20.8. The molecule has 0 aliphatic carbocycles. The van der Waals surface area contributed by atoms with Crippen LogP contribution in [-0.2, 0) is 0 Å². The number of hydrogen-bond acceptors (Lipinski definition) is 7. The van der Waals surface area contributed by atoms with E-state index in [-0.39, 0.29) is 16.2 Å². The maximum atomic E-state index is 12.1. The molecule has 0 saturated heterocycles. The Balaban J connectivity index is 1.49. The van der Waals surface area contributed by atoms with Crippen molar-refractivity contribution in [3.63, 3.8) is 0 Å². The molecule has 0 fully saturated rings. The first kappa shape index (κ1) is 20.9. The van der Waals surface area contributed by atoms with Crippen molar-refractivity contribution in [3.05, 3.63) is 69.7 Å². The van der Waals surface area contributed by atoms with Gasteiger partial charge in [-0.1, -0.05) is 34.5 Å². The highest BCUT2D eigenvalue weighted by atomic mass is 35.5. The highest BCUT2D eigenvalue weighted by Gasteiger charge is 2.11. The van der Waals surface area contributed by atoms with Gasteiger partial charge < -0.3 is 0 Å². The second-order valence-corrected chi connectivity index (χ2v) is 7.67. The topological polar surface area (TPSA) is 108 Å². The number of nitrogens with zero attached hydrogens (tertiary/aromatic N) is 2. The van der Waals surface area contributed by atoms with Gasteiger partial charge >= 0.3 is 0 Å². The van der Waals surface area contributed by atoms with Crippen molar-refractivity contribution in [3.8, 4) is 0 Å². The third-order valence-electron chi connectivity index (χ3n) is 3.37. The molecule has 0 unspecified atom stereocenters. The van der Waals surface area contributed by atoms with Crippen molar-refractivity contribution in [2.24, 2.45) is 0 Å².